The first-order chi connectivity index (χ1) is 6.90. The Morgan fingerprint density at radius 2 is 1.88 bits per heavy atom. The van der Waals surface area contributed by atoms with Gasteiger partial charge >= 0.3 is 58.4 Å². The second kappa shape index (κ2) is 6.85. The molecule has 0 radical (unpaired) electrons. The number of aromatic nitrogens is 1. The van der Waals surface area contributed by atoms with E-state index < -0.39 is 19.1 Å². The number of hydrogen-bond donors (Lipinski definition) is 0. The molecule has 0 aromatic carbocycles. The molecule has 0 unspecified atom stereocenters. The van der Waals surface area contributed by atoms with Crippen LogP contribution in [-0.4, -0.2) is 12.0 Å². The molecule has 8 heteroatoms. The first-order valence-corrected chi connectivity index (χ1v) is 4.02. The molecule has 0 amide bonds. The van der Waals surface area contributed by atoms with E-state index in [1.807, 2.05) is 0 Å². The summed E-state index contributed by atoms with van der Waals surface area (Å²) >= 11 is 0. The number of halogens is 5. The Hall–Kier alpha value is 0.241. The third-order valence-electron chi connectivity index (χ3n) is 1.57. The normalized spacial score (nSPS) is 11.9. The number of pyridine rings is 1. The molecule has 0 aliphatic rings. The van der Waals surface area contributed by atoms with Gasteiger partial charge < -0.3 is 12.9 Å². The van der Waals surface area contributed by atoms with E-state index in [4.69, 9.17) is 0 Å². The molecule has 1 heterocycles. The largest absolute Gasteiger partial charge is 1.00 e. The molecule has 0 atom stereocenters. The quantitative estimate of drug-likeness (QED) is 0.567. The molecule has 82 valence electrons. The van der Waals surface area contributed by atoms with Gasteiger partial charge in [-0.05, 0) is 11.6 Å². The van der Waals surface area contributed by atoms with Gasteiger partial charge in [-0.1, -0.05) is 12.1 Å². The molecule has 1 aromatic heterocycles. The molecule has 0 aliphatic heterocycles. The van der Waals surface area contributed by atoms with Gasteiger partial charge in [-0.25, -0.2) is 8.78 Å². The predicted molar refractivity (Wildman–Crippen MR) is 47.3 cm³/mol. The number of hydrogen-bond acceptors (Lipinski definition) is 1. The van der Waals surface area contributed by atoms with E-state index in [9.17, 15) is 21.7 Å². The molecule has 1 aromatic rings. The Kier molecular flexibility index (Phi) is 6.95. The van der Waals surface area contributed by atoms with Crippen LogP contribution in [0.2, 0.25) is 0 Å². The van der Waals surface area contributed by atoms with Crippen LogP contribution in [0.15, 0.2) is 24.3 Å². The standard InChI is InChI=1S/C8H6BF5N.K/c10-8(11)7-6(2-1-5-15-7)3-4-9(12,13)14;/h1-5,8H;/q-1;+1/b4-3+;. The third-order valence-corrected chi connectivity index (χ3v) is 1.57. The fourth-order valence-electron chi connectivity index (χ4n) is 0.966. The van der Waals surface area contributed by atoms with E-state index in [1.165, 1.54) is 6.07 Å². The van der Waals surface area contributed by atoms with Crippen LogP contribution in [0.1, 0.15) is 17.7 Å². The number of nitrogens with zero attached hydrogens (tertiary/aromatic N) is 1. The molecule has 0 fully saturated rings. The minimum atomic E-state index is -5.12. The van der Waals surface area contributed by atoms with Crippen molar-refractivity contribution < 1.29 is 73.1 Å². The minimum Gasteiger partial charge on any atom is -0.445 e. The fourth-order valence-corrected chi connectivity index (χ4v) is 0.966. The van der Waals surface area contributed by atoms with Gasteiger partial charge in [0.25, 0.3) is 6.43 Å². The van der Waals surface area contributed by atoms with Crippen molar-refractivity contribution in [3.63, 3.8) is 0 Å². The van der Waals surface area contributed by atoms with Crippen molar-refractivity contribution in [2.24, 2.45) is 0 Å². The topological polar surface area (TPSA) is 12.9 Å². The zero-order chi connectivity index (χ0) is 11.5. The molecule has 0 spiro atoms. The first kappa shape index (κ1) is 16.2. The Morgan fingerprint density at radius 1 is 1.25 bits per heavy atom. The summed E-state index contributed by atoms with van der Waals surface area (Å²) in [5.74, 6) is -0.0388. The first-order valence-electron chi connectivity index (χ1n) is 4.02. The second-order valence-electron chi connectivity index (χ2n) is 2.76. The maximum atomic E-state index is 12.3. The predicted octanol–water partition coefficient (Wildman–Crippen LogP) is 0.423. The average Bonchev–Trinajstić information content (AvgIpc) is 2.14. The van der Waals surface area contributed by atoms with Crippen molar-refractivity contribution in [3.8, 4) is 0 Å². The van der Waals surface area contributed by atoms with Crippen molar-refractivity contribution in [1.82, 2.24) is 4.98 Å². The Labute approximate surface area is 132 Å². The van der Waals surface area contributed by atoms with Gasteiger partial charge in [0.15, 0.2) is 0 Å². The zero-order valence-corrected chi connectivity index (χ0v) is 11.5. The number of alkyl halides is 2. The van der Waals surface area contributed by atoms with Crippen LogP contribution >= 0.6 is 0 Å². The summed E-state index contributed by atoms with van der Waals surface area (Å²) in [6, 6.07) is 2.46. The Balaban J connectivity index is 0.00000225. The molecule has 0 N–H and O–H groups in total. The van der Waals surface area contributed by atoms with Crippen molar-refractivity contribution in [2.45, 2.75) is 6.43 Å². The van der Waals surface area contributed by atoms with Gasteiger partial charge in [-0.2, -0.15) is 0 Å². The van der Waals surface area contributed by atoms with Gasteiger partial charge in [0, 0.05) is 6.20 Å². The van der Waals surface area contributed by atoms with Crippen LogP contribution in [0.25, 0.3) is 6.08 Å². The monoisotopic (exact) mass is 261 g/mol. The molecule has 1 rings (SSSR count). The van der Waals surface area contributed by atoms with Gasteiger partial charge in [0.1, 0.15) is 5.69 Å². The SMILES string of the molecule is FC(F)c1ncccc1/C=C/[B-](F)(F)F.[K+]. The summed E-state index contributed by atoms with van der Waals surface area (Å²) in [5, 5.41) is 0. The maximum absolute atomic E-state index is 12.3. The van der Waals surface area contributed by atoms with E-state index >= 15 is 0 Å². The van der Waals surface area contributed by atoms with Gasteiger partial charge in [0.2, 0.25) is 0 Å². The summed E-state index contributed by atoms with van der Waals surface area (Å²) in [4.78, 5) is 3.32. The molecule has 16 heavy (non-hydrogen) atoms. The van der Waals surface area contributed by atoms with Crippen LogP contribution in [0.3, 0.4) is 0 Å². The van der Waals surface area contributed by atoms with E-state index in [-0.39, 0.29) is 62.9 Å². The fraction of sp³-hybridized carbons (Fsp3) is 0.125. The van der Waals surface area contributed by atoms with E-state index in [0.717, 1.165) is 12.3 Å². The molecule has 0 saturated heterocycles. The van der Waals surface area contributed by atoms with Crippen molar-refractivity contribution in [3.05, 3.63) is 35.6 Å². The second-order valence-corrected chi connectivity index (χ2v) is 2.76. The van der Waals surface area contributed by atoms with Crippen LogP contribution in [0.5, 0.6) is 0 Å². The average molecular weight is 261 g/mol. The van der Waals surface area contributed by atoms with Crippen molar-refractivity contribution in [1.29, 1.82) is 0 Å². The summed E-state index contributed by atoms with van der Waals surface area (Å²) in [6.07, 6.45) is -1.17. The number of rotatable bonds is 3. The van der Waals surface area contributed by atoms with E-state index in [1.54, 1.807) is 0 Å². The molecule has 0 saturated carbocycles. The molecular formula is C8H6BF5KN. The van der Waals surface area contributed by atoms with Crippen LogP contribution in [0, 0.1) is 0 Å². The summed E-state index contributed by atoms with van der Waals surface area (Å²) in [6.45, 7) is -5.12. The van der Waals surface area contributed by atoms with Crippen LogP contribution in [-0.2, 0) is 0 Å². The Bertz CT molecular complexity index is 366. The van der Waals surface area contributed by atoms with Gasteiger partial charge in [-0.3, -0.25) is 4.98 Å². The van der Waals surface area contributed by atoms with E-state index in [0.29, 0.717) is 6.08 Å². The van der Waals surface area contributed by atoms with Crippen LogP contribution < -0.4 is 51.4 Å². The summed E-state index contributed by atoms with van der Waals surface area (Å²) < 4.78 is 60.1. The zero-order valence-electron chi connectivity index (χ0n) is 8.38. The van der Waals surface area contributed by atoms with Crippen LogP contribution in [0.4, 0.5) is 21.7 Å². The summed E-state index contributed by atoms with van der Waals surface area (Å²) in [7, 11) is 0. The molecular weight excluding hydrogens is 255 g/mol. The summed E-state index contributed by atoms with van der Waals surface area (Å²) in [5.41, 5.74) is -0.861. The molecule has 1 nitrogen and oxygen atoms in total. The third kappa shape index (κ3) is 5.53. The van der Waals surface area contributed by atoms with Crippen molar-refractivity contribution >= 4 is 13.1 Å². The van der Waals surface area contributed by atoms with Gasteiger partial charge in [0.05, 0.1) is 0 Å². The maximum Gasteiger partial charge on any atom is 1.00 e. The van der Waals surface area contributed by atoms with Crippen molar-refractivity contribution in [2.75, 3.05) is 0 Å². The molecule has 0 bridgehead atoms. The van der Waals surface area contributed by atoms with E-state index in [2.05, 4.69) is 4.98 Å². The smallest absolute Gasteiger partial charge is 0.445 e. The minimum absolute atomic E-state index is 0. The van der Waals surface area contributed by atoms with Gasteiger partial charge in [-0.15, -0.1) is 5.98 Å². The Morgan fingerprint density at radius 3 is 2.38 bits per heavy atom. The molecule has 0 aliphatic carbocycles.